The summed E-state index contributed by atoms with van der Waals surface area (Å²) in [5, 5.41) is 21.8. The van der Waals surface area contributed by atoms with E-state index >= 15 is 0 Å². The number of carbonyl (C=O) groups excluding carboxylic acids is 2. The van der Waals surface area contributed by atoms with Crippen molar-refractivity contribution >= 4 is 17.4 Å². The third-order valence-electron chi connectivity index (χ3n) is 6.01. The SMILES string of the molecule is COc1ccc(C(O)=C2C(=O)C(=O)N(CCCN(C)C)[C@@H]2c2cc(OC)c(OC)c(OC)c2)c(O)c1. The Bertz CT molecular complexity index is 1150. The number of nitrogens with zero attached hydrogens (tertiary/aromatic N) is 2. The second kappa shape index (κ2) is 11.2. The molecule has 1 fully saturated rings. The molecule has 0 radical (unpaired) electrons. The number of hydrogen-bond donors (Lipinski definition) is 2. The molecule has 0 aliphatic carbocycles. The number of Topliss-reactive ketones (excluding diaryl/α,β-unsaturated/α-hetero) is 1. The Labute approximate surface area is 210 Å². The number of hydrogen-bond acceptors (Lipinski definition) is 9. The number of benzene rings is 2. The number of ether oxygens (including phenoxy) is 4. The Hall–Kier alpha value is -3.92. The van der Waals surface area contributed by atoms with Gasteiger partial charge >= 0.3 is 0 Å². The fourth-order valence-corrected chi connectivity index (χ4v) is 4.26. The minimum absolute atomic E-state index is 0.000432. The Morgan fingerprint density at radius 1 is 0.972 bits per heavy atom. The summed E-state index contributed by atoms with van der Waals surface area (Å²) < 4.78 is 21.5. The molecule has 0 unspecified atom stereocenters. The molecule has 1 atom stereocenters. The topological polar surface area (TPSA) is 118 Å². The van der Waals surface area contributed by atoms with Crippen LogP contribution in [0.15, 0.2) is 35.9 Å². The molecule has 1 saturated heterocycles. The number of phenolic OH excluding ortho intramolecular Hbond substituents is 1. The van der Waals surface area contributed by atoms with Crippen molar-refractivity contribution in [3.63, 3.8) is 0 Å². The minimum Gasteiger partial charge on any atom is -0.507 e. The van der Waals surface area contributed by atoms with Crippen LogP contribution in [0.3, 0.4) is 0 Å². The maximum atomic E-state index is 13.3. The van der Waals surface area contributed by atoms with Gasteiger partial charge in [-0.25, -0.2) is 0 Å². The number of carbonyl (C=O) groups is 2. The van der Waals surface area contributed by atoms with E-state index in [0.29, 0.717) is 41.5 Å². The molecular formula is C26H32N2O8. The van der Waals surface area contributed by atoms with Crippen molar-refractivity contribution in [2.24, 2.45) is 0 Å². The number of rotatable bonds is 10. The summed E-state index contributed by atoms with van der Waals surface area (Å²) >= 11 is 0. The first kappa shape index (κ1) is 26.7. The fourth-order valence-electron chi connectivity index (χ4n) is 4.26. The monoisotopic (exact) mass is 500 g/mol. The lowest BCUT2D eigenvalue weighted by Crippen LogP contribution is -2.32. The summed E-state index contributed by atoms with van der Waals surface area (Å²) in [5.41, 5.74) is 0.322. The van der Waals surface area contributed by atoms with E-state index in [9.17, 15) is 19.8 Å². The average molecular weight is 501 g/mol. The number of amides is 1. The Morgan fingerprint density at radius 3 is 2.11 bits per heavy atom. The summed E-state index contributed by atoms with van der Waals surface area (Å²) in [5.74, 6) is -1.02. The third kappa shape index (κ3) is 5.03. The first-order chi connectivity index (χ1) is 17.2. The zero-order chi connectivity index (χ0) is 26.6. The fraction of sp³-hybridized carbons (Fsp3) is 0.385. The van der Waals surface area contributed by atoms with Gasteiger partial charge in [0.15, 0.2) is 11.5 Å². The molecule has 2 N–H and O–H groups in total. The number of methoxy groups -OCH3 is 4. The molecule has 1 amide bonds. The molecule has 3 rings (SSSR count). The first-order valence-corrected chi connectivity index (χ1v) is 11.3. The summed E-state index contributed by atoms with van der Waals surface area (Å²) in [6, 6.07) is 6.60. The number of phenols is 1. The molecule has 2 aromatic rings. The van der Waals surface area contributed by atoms with Gasteiger partial charge in [-0.2, -0.15) is 0 Å². The van der Waals surface area contributed by atoms with Crippen LogP contribution in [-0.4, -0.2) is 87.3 Å². The second-order valence-electron chi connectivity index (χ2n) is 8.49. The molecule has 0 saturated carbocycles. The minimum atomic E-state index is -0.956. The van der Waals surface area contributed by atoms with E-state index in [0.717, 1.165) is 0 Å². The van der Waals surface area contributed by atoms with Crippen LogP contribution < -0.4 is 18.9 Å². The van der Waals surface area contributed by atoms with Gasteiger partial charge in [-0.05, 0) is 56.9 Å². The Kier molecular flexibility index (Phi) is 8.31. The summed E-state index contributed by atoms with van der Waals surface area (Å²) in [4.78, 5) is 29.8. The highest BCUT2D eigenvalue weighted by atomic mass is 16.5. The van der Waals surface area contributed by atoms with Crippen molar-refractivity contribution in [3.05, 3.63) is 47.0 Å². The van der Waals surface area contributed by atoms with Crippen molar-refractivity contribution < 1.29 is 38.7 Å². The third-order valence-corrected chi connectivity index (χ3v) is 6.01. The number of aromatic hydroxyl groups is 1. The molecule has 0 aromatic heterocycles. The van der Waals surface area contributed by atoms with Gasteiger partial charge in [-0.3, -0.25) is 9.59 Å². The van der Waals surface area contributed by atoms with Gasteiger partial charge in [0.05, 0.1) is 45.6 Å². The lowest BCUT2D eigenvalue weighted by molar-refractivity contribution is -0.139. The van der Waals surface area contributed by atoms with Crippen LogP contribution in [0.2, 0.25) is 0 Å². The van der Waals surface area contributed by atoms with Gasteiger partial charge in [0.2, 0.25) is 5.75 Å². The van der Waals surface area contributed by atoms with Gasteiger partial charge in [-0.1, -0.05) is 0 Å². The molecule has 36 heavy (non-hydrogen) atoms. The predicted octanol–water partition coefficient (Wildman–Crippen LogP) is 2.80. The molecule has 0 bridgehead atoms. The maximum absolute atomic E-state index is 13.3. The largest absolute Gasteiger partial charge is 0.507 e. The number of aliphatic hydroxyl groups excluding tert-OH is 1. The van der Waals surface area contributed by atoms with Crippen LogP contribution in [0, 0.1) is 0 Å². The van der Waals surface area contributed by atoms with Crippen LogP contribution >= 0.6 is 0 Å². The van der Waals surface area contributed by atoms with Gasteiger partial charge in [-0.15, -0.1) is 0 Å². The summed E-state index contributed by atoms with van der Waals surface area (Å²) in [6.07, 6.45) is 0.592. The first-order valence-electron chi connectivity index (χ1n) is 11.3. The van der Waals surface area contributed by atoms with Crippen molar-refractivity contribution in [1.29, 1.82) is 0 Å². The Morgan fingerprint density at radius 2 is 1.61 bits per heavy atom. The molecule has 10 nitrogen and oxygen atoms in total. The second-order valence-corrected chi connectivity index (χ2v) is 8.49. The van der Waals surface area contributed by atoms with Gasteiger partial charge in [0, 0.05) is 12.6 Å². The van der Waals surface area contributed by atoms with Crippen LogP contribution in [-0.2, 0) is 9.59 Å². The van der Waals surface area contributed by atoms with E-state index in [2.05, 4.69) is 0 Å². The molecule has 1 heterocycles. The highest BCUT2D eigenvalue weighted by Crippen LogP contribution is 2.46. The van der Waals surface area contributed by atoms with E-state index in [4.69, 9.17) is 18.9 Å². The van der Waals surface area contributed by atoms with Crippen molar-refractivity contribution in [2.45, 2.75) is 12.5 Å². The lowest BCUT2D eigenvalue weighted by Gasteiger charge is -2.27. The van der Waals surface area contributed by atoms with Crippen molar-refractivity contribution in [1.82, 2.24) is 9.80 Å². The van der Waals surface area contributed by atoms with Gasteiger partial charge in [0.1, 0.15) is 17.3 Å². The number of ketones is 1. The van der Waals surface area contributed by atoms with E-state index in [1.807, 2.05) is 19.0 Å². The smallest absolute Gasteiger partial charge is 0.295 e. The normalized spacial score (nSPS) is 17.0. The lowest BCUT2D eigenvalue weighted by atomic mass is 9.94. The van der Waals surface area contributed by atoms with Crippen LogP contribution in [0.5, 0.6) is 28.7 Å². The van der Waals surface area contributed by atoms with Gasteiger partial charge < -0.3 is 39.0 Å². The van der Waals surface area contributed by atoms with Crippen LogP contribution in [0.4, 0.5) is 0 Å². The highest BCUT2D eigenvalue weighted by molar-refractivity contribution is 6.46. The van der Waals surface area contributed by atoms with E-state index < -0.39 is 23.5 Å². The average Bonchev–Trinajstić information content (AvgIpc) is 3.12. The summed E-state index contributed by atoms with van der Waals surface area (Å²) in [6.45, 7) is 0.944. The van der Waals surface area contributed by atoms with Crippen LogP contribution in [0.25, 0.3) is 5.76 Å². The molecule has 0 spiro atoms. The summed E-state index contributed by atoms with van der Waals surface area (Å²) in [7, 11) is 9.67. The molecule has 2 aromatic carbocycles. The predicted molar refractivity (Wildman–Crippen MR) is 133 cm³/mol. The maximum Gasteiger partial charge on any atom is 0.295 e. The molecule has 1 aliphatic rings. The van der Waals surface area contributed by atoms with Crippen molar-refractivity contribution in [3.8, 4) is 28.7 Å². The van der Waals surface area contributed by atoms with E-state index in [1.54, 1.807) is 12.1 Å². The molecule has 10 heteroatoms. The highest BCUT2D eigenvalue weighted by Gasteiger charge is 2.46. The Balaban J connectivity index is 2.24. The quantitative estimate of drug-likeness (QED) is 0.288. The molecular weight excluding hydrogens is 468 g/mol. The number of aliphatic hydroxyl groups is 1. The zero-order valence-corrected chi connectivity index (χ0v) is 21.3. The van der Waals surface area contributed by atoms with Gasteiger partial charge in [0.25, 0.3) is 11.7 Å². The van der Waals surface area contributed by atoms with E-state index in [-0.39, 0.29) is 23.4 Å². The van der Waals surface area contributed by atoms with Crippen molar-refractivity contribution in [2.75, 3.05) is 55.6 Å². The van der Waals surface area contributed by atoms with E-state index in [1.165, 1.54) is 51.5 Å². The molecule has 194 valence electrons. The zero-order valence-electron chi connectivity index (χ0n) is 21.3. The van der Waals surface area contributed by atoms with Crippen LogP contribution in [0.1, 0.15) is 23.6 Å². The molecule has 1 aliphatic heterocycles. The standard InChI is InChI=1S/C26H32N2O8/c1-27(2)10-7-11-28-22(15-12-19(34-4)25(36-6)20(13-15)35-5)21(24(31)26(28)32)23(30)17-9-8-16(33-3)14-18(17)29/h8-9,12-14,22,29-30H,7,10-11H2,1-6H3/t22-/m1/s1. The number of likely N-dealkylation sites (tertiary alicyclic amines) is 1.